The number of piperidine rings is 1. The van der Waals surface area contributed by atoms with Crippen LogP contribution < -0.4 is 0 Å². The highest BCUT2D eigenvalue weighted by Gasteiger charge is 2.33. The first-order valence-electron chi connectivity index (χ1n) is 10.3. The molecule has 170 valence electrons. The average molecular weight is 450 g/mol. The summed E-state index contributed by atoms with van der Waals surface area (Å²) in [5, 5.41) is 8.56. The molecule has 0 saturated carbocycles. The number of carbonyl (C=O) groups excluding carboxylic acids is 2. The van der Waals surface area contributed by atoms with Gasteiger partial charge < -0.3 is 9.64 Å². The number of hydrogen-bond acceptors (Lipinski definition) is 6. The summed E-state index contributed by atoms with van der Waals surface area (Å²) in [5.74, 6) is -1.30. The Hall–Kier alpha value is -2.44. The van der Waals surface area contributed by atoms with Gasteiger partial charge in [0.2, 0.25) is 10.0 Å². The van der Waals surface area contributed by atoms with E-state index in [0.29, 0.717) is 12.8 Å². The van der Waals surface area contributed by atoms with Gasteiger partial charge >= 0.3 is 5.97 Å². The van der Waals surface area contributed by atoms with E-state index in [0.717, 1.165) is 5.56 Å². The molecule has 1 saturated heterocycles. The van der Waals surface area contributed by atoms with Gasteiger partial charge in [-0.25, -0.2) is 8.42 Å². The van der Waals surface area contributed by atoms with E-state index in [4.69, 9.17) is 10.00 Å². The van der Waals surface area contributed by atoms with Crippen molar-refractivity contribution in [2.75, 3.05) is 33.3 Å². The molecule has 0 spiro atoms. The van der Waals surface area contributed by atoms with E-state index in [1.165, 1.54) is 9.21 Å². The highest BCUT2D eigenvalue weighted by molar-refractivity contribution is 7.89. The molecule has 0 bridgehead atoms. The predicted octanol–water partition coefficient (Wildman–Crippen LogP) is 2.30. The summed E-state index contributed by atoms with van der Waals surface area (Å²) in [6.07, 6.45) is 0.898. The largest absolute Gasteiger partial charge is 0.455 e. The van der Waals surface area contributed by atoms with Crippen LogP contribution in [0.15, 0.2) is 29.2 Å². The number of carbonyl (C=O) groups is 2. The van der Waals surface area contributed by atoms with Crippen molar-refractivity contribution in [3.63, 3.8) is 0 Å². The van der Waals surface area contributed by atoms with Crippen molar-refractivity contribution in [3.05, 3.63) is 29.8 Å². The molecule has 1 heterocycles. The third kappa shape index (κ3) is 6.52. The van der Waals surface area contributed by atoms with Gasteiger partial charge in [-0.1, -0.05) is 32.9 Å². The average Bonchev–Trinajstić information content (AvgIpc) is 2.75. The monoisotopic (exact) mass is 449 g/mol. The predicted molar refractivity (Wildman–Crippen MR) is 115 cm³/mol. The maximum atomic E-state index is 12.9. The van der Waals surface area contributed by atoms with Gasteiger partial charge in [0.05, 0.1) is 23.3 Å². The van der Waals surface area contributed by atoms with Crippen LogP contribution in [0.3, 0.4) is 0 Å². The van der Waals surface area contributed by atoms with Crippen molar-refractivity contribution in [3.8, 4) is 6.07 Å². The number of rotatable bonds is 7. The van der Waals surface area contributed by atoms with E-state index in [2.05, 4.69) is 20.8 Å². The summed E-state index contributed by atoms with van der Waals surface area (Å²) < 4.78 is 32.4. The summed E-state index contributed by atoms with van der Waals surface area (Å²) >= 11 is 0. The van der Waals surface area contributed by atoms with E-state index in [9.17, 15) is 18.0 Å². The lowest BCUT2D eigenvalue weighted by atomic mass is 9.87. The zero-order valence-corrected chi connectivity index (χ0v) is 19.4. The van der Waals surface area contributed by atoms with Crippen LogP contribution in [-0.4, -0.2) is 62.8 Å². The Balaban J connectivity index is 1.89. The molecule has 1 aliphatic rings. The zero-order chi connectivity index (χ0) is 23.2. The van der Waals surface area contributed by atoms with Crippen molar-refractivity contribution in [2.45, 2.75) is 50.3 Å². The summed E-state index contributed by atoms with van der Waals surface area (Å²) in [7, 11) is -2.08. The summed E-state index contributed by atoms with van der Waals surface area (Å²) in [6.45, 7) is 6.55. The van der Waals surface area contributed by atoms with Crippen molar-refractivity contribution in [2.24, 2.45) is 5.92 Å². The van der Waals surface area contributed by atoms with Gasteiger partial charge in [0.25, 0.3) is 5.91 Å². The standard InChI is InChI=1S/C22H31N3O5S/c1-22(2,3)18-6-8-19(9-7-18)31(28,29)25-14-10-17(11-15-25)21(27)30-16-20(26)24(4)13-5-12-23/h6-9,17H,5,10-11,13-16H2,1-4H3. The topological polar surface area (TPSA) is 108 Å². The van der Waals surface area contributed by atoms with Crippen LogP contribution in [0.25, 0.3) is 0 Å². The highest BCUT2D eigenvalue weighted by atomic mass is 32.2. The maximum absolute atomic E-state index is 12.9. The van der Waals surface area contributed by atoms with E-state index >= 15 is 0 Å². The van der Waals surface area contributed by atoms with Crippen LogP contribution in [0.4, 0.5) is 0 Å². The van der Waals surface area contributed by atoms with Crippen LogP contribution in [0.5, 0.6) is 0 Å². The first-order valence-corrected chi connectivity index (χ1v) is 11.8. The quantitative estimate of drug-likeness (QED) is 0.591. The zero-order valence-electron chi connectivity index (χ0n) is 18.6. The molecule has 0 atom stereocenters. The van der Waals surface area contributed by atoms with E-state index < -0.39 is 21.9 Å². The molecule has 0 aliphatic carbocycles. The van der Waals surface area contributed by atoms with Gasteiger partial charge in [0.1, 0.15) is 0 Å². The number of sulfonamides is 1. The van der Waals surface area contributed by atoms with Crippen LogP contribution in [0.2, 0.25) is 0 Å². The molecule has 9 heteroatoms. The number of benzene rings is 1. The molecule has 0 N–H and O–H groups in total. The smallest absolute Gasteiger partial charge is 0.309 e. The van der Waals surface area contributed by atoms with Crippen LogP contribution in [0.1, 0.15) is 45.6 Å². The molecule has 1 aliphatic heterocycles. The Morgan fingerprint density at radius 1 is 1.19 bits per heavy atom. The van der Waals surface area contributed by atoms with Crippen LogP contribution >= 0.6 is 0 Å². The third-order valence-electron chi connectivity index (χ3n) is 5.47. The second kappa shape index (κ2) is 10.2. The second-order valence-corrected chi connectivity index (χ2v) is 10.7. The van der Waals surface area contributed by atoms with Gasteiger partial charge in [-0.15, -0.1) is 0 Å². The molecule has 8 nitrogen and oxygen atoms in total. The molecule has 0 radical (unpaired) electrons. The summed E-state index contributed by atoms with van der Waals surface area (Å²) in [6, 6.07) is 8.88. The minimum absolute atomic E-state index is 0.0626. The number of amides is 1. The van der Waals surface area contributed by atoms with Crippen molar-refractivity contribution >= 4 is 21.9 Å². The van der Waals surface area contributed by atoms with Crippen LogP contribution in [-0.2, 0) is 29.8 Å². The lowest BCUT2D eigenvalue weighted by molar-refractivity contribution is -0.156. The summed E-state index contributed by atoms with van der Waals surface area (Å²) in [5.41, 5.74) is 0.994. The van der Waals surface area contributed by atoms with Crippen molar-refractivity contribution in [1.82, 2.24) is 9.21 Å². The normalized spacial score (nSPS) is 15.8. The molecular weight excluding hydrogens is 418 g/mol. The minimum atomic E-state index is -3.63. The number of nitrogens with zero attached hydrogens (tertiary/aromatic N) is 3. The van der Waals surface area contributed by atoms with E-state index in [-0.39, 0.29) is 48.9 Å². The molecule has 1 aromatic rings. The Labute approximate surface area is 184 Å². The maximum Gasteiger partial charge on any atom is 0.309 e. The third-order valence-corrected chi connectivity index (χ3v) is 7.38. The number of nitriles is 1. The van der Waals surface area contributed by atoms with Gasteiger partial charge in [-0.2, -0.15) is 9.57 Å². The second-order valence-electron chi connectivity index (χ2n) is 8.78. The number of esters is 1. The summed E-state index contributed by atoms with van der Waals surface area (Å²) in [4.78, 5) is 25.8. The molecule has 2 rings (SSSR count). The van der Waals surface area contributed by atoms with E-state index in [1.807, 2.05) is 18.2 Å². The molecule has 0 unspecified atom stereocenters. The number of ether oxygens (including phenoxy) is 1. The van der Waals surface area contributed by atoms with E-state index in [1.54, 1.807) is 19.2 Å². The van der Waals surface area contributed by atoms with Gasteiger partial charge in [-0.05, 0) is 36.0 Å². The first kappa shape index (κ1) is 24.8. The fourth-order valence-electron chi connectivity index (χ4n) is 3.31. The SMILES string of the molecule is CN(CCC#N)C(=O)COC(=O)C1CCN(S(=O)(=O)c2ccc(C(C)(C)C)cc2)CC1. The minimum Gasteiger partial charge on any atom is -0.455 e. The van der Waals surface area contributed by atoms with Gasteiger partial charge in [-0.3, -0.25) is 9.59 Å². The number of hydrogen-bond donors (Lipinski definition) is 0. The molecule has 1 aromatic carbocycles. The first-order chi connectivity index (χ1) is 14.5. The molecule has 1 amide bonds. The molecule has 31 heavy (non-hydrogen) atoms. The Morgan fingerprint density at radius 3 is 2.29 bits per heavy atom. The van der Waals surface area contributed by atoms with Crippen molar-refractivity contribution < 1.29 is 22.7 Å². The highest BCUT2D eigenvalue weighted by Crippen LogP contribution is 2.27. The molecule has 1 fully saturated rings. The Kier molecular flexibility index (Phi) is 8.21. The fourth-order valence-corrected chi connectivity index (χ4v) is 4.78. The Morgan fingerprint density at radius 2 is 1.77 bits per heavy atom. The van der Waals surface area contributed by atoms with Crippen molar-refractivity contribution in [1.29, 1.82) is 5.26 Å². The lowest BCUT2D eigenvalue weighted by Crippen LogP contribution is -2.41. The van der Waals surface area contributed by atoms with Gasteiger partial charge in [0.15, 0.2) is 6.61 Å². The number of likely N-dealkylation sites (N-methyl/N-ethyl adjacent to an activating group) is 1. The fraction of sp³-hybridized carbons (Fsp3) is 0.591. The lowest BCUT2D eigenvalue weighted by Gasteiger charge is -2.30. The van der Waals surface area contributed by atoms with Gasteiger partial charge in [0, 0.05) is 26.7 Å². The van der Waals surface area contributed by atoms with Crippen LogP contribution in [0, 0.1) is 17.2 Å². The Bertz CT molecular complexity index is 921. The molecule has 0 aromatic heterocycles. The molecular formula is C22H31N3O5S.